The van der Waals surface area contributed by atoms with Crippen molar-refractivity contribution in [3.8, 4) is 0 Å². The van der Waals surface area contributed by atoms with Gasteiger partial charge in [-0.3, -0.25) is 4.90 Å². The minimum absolute atomic E-state index is 0.106. The van der Waals surface area contributed by atoms with E-state index in [-0.39, 0.29) is 5.82 Å². The summed E-state index contributed by atoms with van der Waals surface area (Å²) in [5.74, 6) is 0.844. The fraction of sp³-hybridized carbons (Fsp3) is 0.538. The second-order valence-electron chi connectivity index (χ2n) is 4.37. The van der Waals surface area contributed by atoms with Crippen LogP contribution in [0.25, 0.3) is 0 Å². The van der Waals surface area contributed by atoms with E-state index in [0.717, 1.165) is 36.8 Å². The lowest BCUT2D eigenvalue weighted by Gasteiger charge is -2.33. The first-order valence-electron chi connectivity index (χ1n) is 6.09. The number of halogens is 1. The predicted molar refractivity (Wildman–Crippen MR) is 71.0 cm³/mol. The molecule has 0 spiro atoms. The third-order valence-corrected chi connectivity index (χ3v) is 4.14. The van der Waals surface area contributed by atoms with E-state index >= 15 is 0 Å². The minimum atomic E-state index is -0.106. The molecule has 1 atom stereocenters. The normalized spacial score (nSPS) is 21.6. The number of rotatable bonds is 4. The molecule has 4 heteroatoms. The lowest BCUT2D eigenvalue weighted by atomic mass is 10.2. The smallest absolute Gasteiger partial charge is 0.136 e. The zero-order valence-corrected chi connectivity index (χ0v) is 11.0. The van der Waals surface area contributed by atoms with Gasteiger partial charge in [0.25, 0.3) is 0 Å². The topological polar surface area (TPSA) is 15.3 Å². The number of hydrogen-bond donors (Lipinski definition) is 1. The number of nitrogens with zero attached hydrogens (tertiary/aromatic N) is 1. The quantitative estimate of drug-likeness (QED) is 0.829. The van der Waals surface area contributed by atoms with Gasteiger partial charge in [-0.15, -0.1) is 11.8 Å². The Hall–Kier alpha value is -0.580. The Kier molecular flexibility index (Phi) is 4.83. The van der Waals surface area contributed by atoms with Crippen LogP contribution in [-0.4, -0.2) is 42.9 Å². The maximum atomic E-state index is 13.4. The van der Waals surface area contributed by atoms with E-state index in [4.69, 9.17) is 0 Å². The van der Waals surface area contributed by atoms with Crippen molar-refractivity contribution in [3.63, 3.8) is 0 Å². The molecule has 0 amide bonds. The van der Waals surface area contributed by atoms with Crippen molar-refractivity contribution in [1.82, 2.24) is 10.2 Å². The van der Waals surface area contributed by atoms with Gasteiger partial charge in [-0.05, 0) is 19.1 Å². The average Bonchev–Trinajstić information content (AvgIpc) is 2.34. The van der Waals surface area contributed by atoms with Gasteiger partial charge in [0.1, 0.15) is 5.82 Å². The second kappa shape index (κ2) is 6.38. The molecule has 0 radical (unpaired) electrons. The van der Waals surface area contributed by atoms with Gasteiger partial charge in [-0.2, -0.15) is 0 Å². The molecule has 17 heavy (non-hydrogen) atoms. The van der Waals surface area contributed by atoms with E-state index in [1.54, 1.807) is 17.8 Å². The highest BCUT2D eigenvalue weighted by Gasteiger charge is 2.17. The lowest BCUT2D eigenvalue weighted by molar-refractivity contribution is 0.184. The van der Waals surface area contributed by atoms with Gasteiger partial charge in [-0.1, -0.05) is 12.1 Å². The number of nitrogens with one attached hydrogen (secondary N) is 1. The zero-order valence-electron chi connectivity index (χ0n) is 10.2. The summed E-state index contributed by atoms with van der Waals surface area (Å²) < 4.78 is 13.4. The van der Waals surface area contributed by atoms with Crippen molar-refractivity contribution < 1.29 is 4.39 Å². The number of piperazine rings is 1. The van der Waals surface area contributed by atoms with Crippen molar-refractivity contribution >= 4 is 11.8 Å². The molecule has 0 unspecified atom stereocenters. The summed E-state index contributed by atoms with van der Waals surface area (Å²) in [5, 5.41) is 3.37. The summed E-state index contributed by atoms with van der Waals surface area (Å²) in [6.07, 6.45) is 0. The van der Waals surface area contributed by atoms with Crippen molar-refractivity contribution in [2.45, 2.75) is 17.9 Å². The summed E-state index contributed by atoms with van der Waals surface area (Å²) in [6.45, 7) is 6.49. The minimum Gasteiger partial charge on any atom is -0.314 e. The fourth-order valence-electron chi connectivity index (χ4n) is 2.05. The molecular weight excluding hydrogens is 235 g/mol. The van der Waals surface area contributed by atoms with Gasteiger partial charge in [0.15, 0.2) is 0 Å². The lowest BCUT2D eigenvalue weighted by Crippen LogP contribution is -2.50. The molecule has 1 aromatic rings. The third-order valence-electron chi connectivity index (χ3n) is 3.11. The summed E-state index contributed by atoms with van der Waals surface area (Å²) in [4.78, 5) is 3.22. The van der Waals surface area contributed by atoms with Crippen LogP contribution in [0.5, 0.6) is 0 Å². The van der Waals surface area contributed by atoms with Crippen LogP contribution < -0.4 is 5.32 Å². The fourth-order valence-corrected chi connectivity index (χ4v) is 2.98. The standard InChI is InChI=1S/C13H19FN2S/c1-11-10-15-6-7-16(11)8-9-17-13-5-3-2-4-12(13)14/h2-5,11,15H,6-10H2,1H3/t11-/m1/s1. The molecule has 1 aliphatic heterocycles. The van der Waals surface area contributed by atoms with E-state index in [0.29, 0.717) is 6.04 Å². The van der Waals surface area contributed by atoms with E-state index in [1.165, 1.54) is 6.07 Å². The zero-order chi connectivity index (χ0) is 12.1. The molecule has 1 fully saturated rings. The molecule has 2 nitrogen and oxygen atoms in total. The van der Waals surface area contributed by atoms with Crippen LogP contribution in [0, 0.1) is 5.82 Å². The van der Waals surface area contributed by atoms with Crippen molar-refractivity contribution in [1.29, 1.82) is 0 Å². The second-order valence-corrected chi connectivity index (χ2v) is 5.50. The van der Waals surface area contributed by atoms with Crippen LogP contribution in [0.3, 0.4) is 0 Å². The van der Waals surface area contributed by atoms with Crippen molar-refractivity contribution in [3.05, 3.63) is 30.1 Å². The summed E-state index contributed by atoms with van der Waals surface area (Å²) in [7, 11) is 0. The molecule has 94 valence electrons. The maximum Gasteiger partial charge on any atom is 0.136 e. The first-order chi connectivity index (χ1) is 8.27. The summed E-state index contributed by atoms with van der Waals surface area (Å²) in [5.41, 5.74) is 0. The van der Waals surface area contributed by atoms with E-state index in [2.05, 4.69) is 17.1 Å². The van der Waals surface area contributed by atoms with Gasteiger partial charge < -0.3 is 5.32 Å². The number of thioether (sulfide) groups is 1. The Bertz CT molecular complexity index is 359. The summed E-state index contributed by atoms with van der Waals surface area (Å²) in [6, 6.07) is 7.58. The van der Waals surface area contributed by atoms with E-state index < -0.39 is 0 Å². The Morgan fingerprint density at radius 3 is 3.06 bits per heavy atom. The first kappa shape index (κ1) is 12.9. The highest BCUT2D eigenvalue weighted by Crippen LogP contribution is 2.21. The van der Waals surface area contributed by atoms with Crippen molar-refractivity contribution in [2.24, 2.45) is 0 Å². The molecule has 1 aromatic carbocycles. The Balaban J connectivity index is 1.77. The molecule has 2 rings (SSSR count). The van der Waals surface area contributed by atoms with Crippen LogP contribution >= 0.6 is 11.8 Å². The van der Waals surface area contributed by atoms with Gasteiger partial charge in [0.05, 0.1) is 0 Å². The molecule has 1 N–H and O–H groups in total. The van der Waals surface area contributed by atoms with Crippen LogP contribution in [-0.2, 0) is 0 Å². The Labute approximate surface area is 107 Å². The molecular formula is C13H19FN2S. The largest absolute Gasteiger partial charge is 0.314 e. The first-order valence-corrected chi connectivity index (χ1v) is 7.08. The number of hydrogen-bond acceptors (Lipinski definition) is 3. The van der Waals surface area contributed by atoms with Gasteiger partial charge in [-0.25, -0.2) is 4.39 Å². The average molecular weight is 254 g/mol. The van der Waals surface area contributed by atoms with Gasteiger partial charge in [0.2, 0.25) is 0 Å². The number of benzene rings is 1. The molecule has 1 saturated heterocycles. The van der Waals surface area contributed by atoms with E-state index in [9.17, 15) is 4.39 Å². The van der Waals surface area contributed by atoms with Gasteiger partial charge in [0, 0.05) is 42.9 Å². The maximum absolute atomic E-state index is 13.4. The summed E-state index contributed by atoms with van der Waals surface area (Å²) >= 11 is 1.61. The molecule has 0 saturated carbocycles. The predicted octanol–water partition coefficient (Wildman–Crippen LogP) is 2.21. The highest BCUT2D eigenvalue weighted by molar-refractivity contribution is 7.99. The Morgan fingerprint density at radius 2 is 2.29 bits per heavy atom. The van der Waals surface area contributed by atoms with Crippen LogP contribution in [0.1, 0.15) is 6.92 Å². The molecule has 0 aromatic heterocycles. The van der Waals surface area contributed by atoms with Crippen LogP contribution in [0.15, 0.2) is 29.2 Å². The highest BCUT2D eigenvalue weighted by atomic mass is 32.2. The van der Waals surface area contributed by atoms with Crippen LogP contribution in [0.2, 0.25) is 0 Å². The molecule has 0 aliphatic carbocycles. The van der Waals surface area contributed by atoms with Gasteiger partial charge >= 0.3 is 0 Å². The van der Waals surface area contributed by atoms with Crippen LogP contribution in [0.4, 0.5) is 4.39 Å². The molecule has 1 aliphatic rings. The van der Waals surface area contributed by atoms with E-state index in [1.807, 2.05) is 12.1 Å². The molecule has 0 bridgehead atoms. The SMILES string of the molecule is C[C@@H]1CNCCN1CCSc1ccccc1F. The third kappa shape index (κ3) is 3.69. The van der Waals surface area contributed by atoms with Crippen molar-refractivity contribution in [2.75, 3.05) is 31.9 Å². The Morgan fingerprint density at radius 1 is 1.47 bits per heavy atom. The monoisotopic (exact) mass is 254 g/mol. The molecule has 1 heterocycles.